The van der Waals surface area contributed by atoms with E-state index >= 15 is 0 Å². The molecular weight excluding hydrogens is 302 g/mol. The van der Waals surface area contributed by atoms with Crippen LogP contribution in [0.4, 0.5) is 5.69 Å². The van der Waals surface area contributed by atoms with Gasteiger partial charge in [-0.15, -0.1) is 11.8 Å². The summed E-state index contributed by atoms with van der Waals surface area (Å²) in [5.74, 6) is 5.82. The Labute approximate surface area is 114 Å². The van der Waals surface area contributed by atoms with Crippen molar-refractivity contribution in [3.63, 3.8) is 0 Å². The molecule has 0 saturated carbocycles. The Kier molecular flexibility index (Phi) is 6.39. The number of rotatable bonds is 6. The quantitative estimate of drug-likeness (QED) is 0.188. The number of hydrogen-bond donors (Lipinski definition) is 3. The van der Waals surface area contributed by atoms with Gasteiger partial charge in [0.25, 0.3) is 0 Å². The number of carbonyl (C=O) groups excluding carboxylic acids is 1. The molecule has 17 heavy (non-hydrogen) atoms. The molecule has 0 spiro atoms. The summed E-state index contributed by atoms with van der Waals surface area (Å²) in [6.45, 7) is 0. The van der Waals surface area contributed by atoms with Crippen LogP contribution in [0, 0.1) is 0 Å². The first-order valence-electron chi connectivity index (χ1n) is 5.30. The predicted octanol–water partition coefficient (Wildman–Crippen LogP) is 2.28. The number of hydrogen-bond acceptors (Lipinski definition) is 4. The van der Waals surface area contributed by atoms with E-state index in [9.17, 15) is 4.79 Å². The Morgan fingerprint density at radius 1 is 1.41 bits per heavy atom. The number of halogens is 1. The van der Waals surface area contributed by atoms with Crippen molar-refractivity contribution >= 4 is 39.3 Å². The molecule has 1 amide bonds. The standard InChI is InChI=1S/C11H16BrN3OS/c12-8-4-5-9(13)10(7-8)17-6-2-1-3-11(16)15-14/h4-5,7H,1-3,6,13-14H2,(H,15,16). The van der Waals surface area contributed by atoms with Crippen LogP contribution in [-0.4, -0.2) is 11.7 Å². The lowest BCUT2D eigenvalue weighted by Gasteiger charge is -2.05. The lowest BCUT2D eigenvalue weighted by Crippen LogP contribution is -2.29. The number of benzene rings is 1. The number of anilines is 1. The summed E-state index contributed by atoms with van der Waals surface area (Å²) in [6.07, 6.45) is 2.28. The molecule has 1 rings (SSSR count). The SMILES string of the molecule is NNC(=O)CCCCSc1cc(Br)ccc1N. The monoisotopic (exact) mass is 317 g/mol. The van der Waals surface area contributed by atoms with Gasteiger partial charge in [0.15, 0.2) is 0 Å². The van der Waals surface area contributed by atoms with Crippen molar-refractivity contribution in [2.75, 3.05) is 11.5 Å². The van der Waals surface area contributed by atoms with E-state index in [4.69, 9.17) is 11.6 Å². The van der Waals surface area contributed by atoms with Crippen LogP contribution in [0.15, 0.2) is 27.6 Å². The maximum atomic E-state index is 10.9. The van der Waals surface area contributed by atoms with E-state index in [1.807, 2.05) is 18.2 Å². The molecule has 4 nitrogen and oxygen atoms in total. The number of hydrazine groups is 1. The van der Waals surface area contributed by atoms with Crippen LogP contribution in [0.25, 0.3) is 0 Å². The van der Waals surface area contributed by atoms with E-state index in [2.05, 4.69) is 21.4 Å². The fourth-order valence-corrected chi connectivity index (χ4v) is 2.80. The van der Waals surface area contributed by atoms with Crippen molar-refractivity contribution in [3.8, 4) is 0 Å². The van der Waals surface area contributed by atoms with Crippen molar-refractivity contribution in [1.29, 1.82) is 0 Å². The summed E-state index contributed by atoms with van der Waals surface area (Å²) in [4.78, 5) is 11.9. The maximum Gasteiger partial charge on any atom is 0.233 e. The Balaban J connectivity index is 2.26. The summed E-state index contributed by atoms with van der Waals surface area (Å²) >= 11 is 5.11. The molecule has 0 radical (unpaired) electrons. The molecule has 1 aromatic carbocycles. The molecule has 0 atom stereocenters. The van der Waals surface area contributed by atoms with Crippen molar-refractivity contribution in [2.45, 2.75) is 24.2 Å². The molecule has 5 N–H and O–H groups in total. The van der Waals surface area contributed by atoms with Gasteiger partial charge >= 0.3 is 0 Å². The molecule has 1 aromatic rings. The fraction of sp³-hybridized carbons (Fsp3) is 0.364. The van der Waals surface area contributed by atoms with Gasteiger partial charge in [0.05, 0.1) is 0 Å². The number of carbonyl (C=O) groups is 1. The van der Waals surface area contributed by atoms with Crippen LogP contribution >= 0.6 is 27.7 Å². The van der Waals surface area contributed by atoms with Crippen molar-refractivity contribution in [2.24, 2.45) is 5.84 Å². The van der Waals surface area contributed by atoms with Crippen LogP contribution in [0.3, 0.4) is 0 Å². The van der Waals surface area contributed by atoms with Gasteiger partial charge in [-0.05, 0) is 36.8 Å². The largest absolute Gasteiger partial charge is 0.398 e. The van der Waals surface area contributed by atoms with Gasteiger partial charge in [-0.2, -0.15) is 0 Å². The second-order valence-corrected chi connectivity index (χ2v) is 5.61. The van der Waals surface area contributed by atoms with Crippen LogP contribution in [0.1, 0.15) is 19.3 Å². The van der Waals surface area contributed by atoms with Gasteiger partial charge in [0.1, 0.15) is 0 Å². The highest BCUT2D eigenvalue weighted by Crippen LogP contribution is 2.28. The predicted molar refractivity (Wildman–Crippen MR) is 75.5 cm³/mol. The van der Waals surface area contributed by atoms with E-state index in [1.54, 1.807) is 11.8 Å². The summed E-state index contributed by atoms with van der Waals surface area (Å²) in [5, 5.41) is 0. The Morgan fingerprint density at radius 3 is 2.88 bits per heavy atom. The van der Waals surface area contributed by atoms with Crippen LogP contribution in [0.5, 0.6) is 0 Å². The second kappa shape index (κ2) is 7.58. The van der Waals surface area contributed by atoms with Crippen LogP contribution in [0.2, 0.25) is 0 Å². The first kappa shape index (κ1) is 14.3. The van der Waals surface area contributed by atoms with Gasteiger partial charge in [0.2, 0.25) is 5.91 Å². The molecule has 0 aliphatic carbocycles. The Hall–Kier alpha value is -0.720. The molecule has 0 aliphatic heterocycles. The third-order valence-electron chi connectivity index (χ3n) is 2.19. The topological polar surface area (TPSA) is 81.1 Å². The molecule has 0 aromatic heterocycles. The number of unbranched alkanes of at least 4 members (excludes halogenated alkanes) is 1. The average Bonchev–Trinajstić information content (AvgIpc) is 2.32. The van der Waals surface area contributed by atoms with E-state index in [0.717, 1.165) is 33.7 Å². The van der Waals surface area contributed by atoms with E-state index in [-0.39, 0.29) is 5.91 Å². The molecular formula is C11H16BrN3OS. The average molecular weight is 318 g/mol. The molecule has 0 aliphatic rings. The van der Waals surface area contributed by atoms with E-state index in [0.29, 0.717) is 6.42 Å². The maximum absolute atomic E-state index is 10.9. The number of thioether (sulfide) groups is 1. The van der Waals surface area contributed by atoms with Gasteiger partial charge < -0.3 is 5.73 Å². The smallest absolute Gasteiger partial charge is 0.233 e. The zero-order valence-electron chi connectivity index (χ0n) is 9.41. The molecule has 0 fully saturated rings. The highest BCUT2D eigenvalue weighted by molar-refractivity contribution is 9.10. The lowest BCUT2D eigenvalue weighted by atomic mass is 10.2. The molecule has 6 heteroatoms. The van der Waals surface area contributed by atoms with Crippen molar-refractivity contribution in [3.05, 3.63) is 22.7 Å². The van der Waals surface area contributed by atoms with Crippen molar-refractivity contribution in [1.82, 2.24) is 5.43 Å². The molecule has 0 unspecified atom stereocenters. The van der Waals surface area contributed by atoms with Crippen LogP contribution < -0.4 is 17.0 Å². The van der Waals surface area contributed by atoms with Crippen molar-refractivity contribution < 1.29 is 4.79 Å². The number of nitrogens with two attached hydrogens (primary N) is 2. The molecule has 0 bridgehead atoms. The van der Waals surface area contributed by atoms with Crippen LogP contribution in [-0.2, 0) is 4.79 Å². The minimum atomic E-state index is -0.114. The zero-order chi connectivity index (χ0) is 12.7. The Bertz CT molecular complexity index is 387. The molecule has 94 valence electrons. The number of nitrogens with one attached hydrogen (secondary N) is 1. The first-order valence-corrected chi connectivity index (χ1v) is 7.08. The highest BCUT2D eigenvalue weighted by Gasteiger charge is 2.02. The number of nitrogen functional groups attached to an aromatic ring is 1. The summed E-state index contributed by atoms with van der Waals surface area (Å²) in [7, 11) is 0. The van der Waals surface area contributed by atoms with Gasteiger partial charge in [-0.3, -0.25) is 10.2 Å². The summed E-state index contributed by atoms with van der Waals surface area (Å²) in [5.41, 5.74) is 8.76. The molecule has 0 saturated heterocycles. The number of amides is 1. The van der Waals surface area contributed by atoms with Gasteiger partial charge in [-0.1, -0.05) is 15.9 Å². The minimum absolute atomic E-state index is 0.114. The summed E-state index contributed by atoms with van der Waals surface area (Å²) in [6, 6.07) is 5.81. The van der Waals surface area contributed by atoms with E-state index < -0.39 is 0 Å². The zero-order valence-corrected chi connectivity index (χ0v) is 11.8. The first-order chi connectivity index (χ1) is 8.13. The highest BCUT2D eigenvalue weighted by atomic mass is 79.9. The van der Waals surface area contributed by atoms with E-state index in [1.165, 1.54) is 0 Å². The third-order valence-corrected chi connectivity index (χ3v) is 3.84. The lowest BCUT2D eigenvalue weighted by molar-refractivity contribution is -0.121. The third kappa shape index (κ3) is 5.43. The minimum Gasteiger partial charge on any atom is -0.398 e. The normalized spacial score (nSPS) is 10.2. The fourth-order valence-electron chi connectivity index (χ4n) is 1.28. The molecule has 0 heterocycles. The second-order valence-electron chi connectivity index (χ2n) is 3.56. The Morgan fingerprint density at radius 2 is 2.18 bits per heavy atom. The van der Waals surface area contributed by atoms with Gasteiger partial charge in [0, 0.05) is 21.5 Å². The van der Waals surface area contributed by atoms with Gasteiger partial charge in [-0.25, -0.2) is 5.84 Å². The summed E-state index contributed by atoms with van der Waals surface area (Å²) < 4.78 is 1.02.